The molecule has 4 nitrogen and oxygen atoms in total. The Kier molecular flexibility index (Phi) is 7.96. The van der Waals surface area contributed by atoms with Crippen molar-refractivity contribution < 1.29 is 20.1 Å². The molecule has 26 heavy (non-hydrogen) atoms. The van der Waals surface area contributed by atoms with Gasteiger partial charge in [0.25, 0.3) is 0 Å². The zero-order valence-corrected chi connectivity index (χ0v) is 17.1. The van der Waals surface area contributed by atoms with Crippen molar-refractivity contribution in [2.24, 2.45) is 41.4 Å². The Labute approximate surface area is 159 Å². The van der Waals surface area contributed by atoms with E-state index in [-0.39, 0.29) is 17.8 Å². The van der Waals surface area contributed by atoms with E-state index < -0.39 is 24.1 Å². The number of hydrogen-bond donors (Lipinski definition) is 3. The molecule has 4 heteroatoms. The number of aliphatic hydroxyl groups excluding tert-OH is 2. The van der Waals surface area contributed by atoms with Crippen LogP contribution >= 0.6 is 0 Å². The quantitative estimate of drug-likeness (QED) is 0.584. The molecular formula is C22H40O4. The average Bonchev–Trinajstić information content (AvgIpc) is 2.54. The van der Waals surface area contributed by atoms with E-state index in [0.29, 0.717) is 24.2 Å². The summed E-state index contributed by atoms with van der Waals surface area (Å²) in [4.78, 5) is 12.0. The first kappa shape index (κ1) is 21.7. The number of carbonyl (C=O) groups is 1. The molecule has 0 aliphatic heterocycles. The summed E-state index contributed by atoms with van der Waals surface area (Å²) in [6.07, 6.45) is 6.26. The van der Waals surface area contributed by atoms with Crippen LogP contribution in [0.2, 0.25) is 0 Å². The average molecular weight is 369 g/mol. The highest BCUT2D eigenvalue weighted by molar-refractivity contribution is 5.71. The number of carboxylic acids is 1. The van der Waals surface area contributed by atoms with Gasteiger partial charge in [-0.1, -0.05) is 53.4 Å². The van der Waals surface area contributed by atoms with Crippen LogP contribution in [0.1, 0.15) is 79.1 Å². The standard InChI is InChI=1S/C22H40O4/c1-5-6-7-8-15-12-18(23)20(21(24)19(15)22(25)26)17-11-14(4)9-10-16(17)13(2)3/h13-21,23-24H,5-12H2,1-4H3,(H,25,26)/t14?,15?,16-,17+,18?,19?,20?,21?/m0/s1. The van der Waals surface area contributed by atoms with Gasteiger partial charge in [0.15, 0.2) is 0 Å². The maximum atomic E-state index is 12.0. The largest absolute Gasteiger partial charge is 0.481 e. The van der Waals surface area contributed by atoms with Gasteiger partial charge in [-0.15, -0.1) is 0 Å². The molecule has 0 aromatic carbocycles. The molecule has 2 fully saturated rings. The van der Waals surface area contributed by atoms with Gasteiger partial charge in [-0.2, -0.15) is 0 Å². The van der Waals surface area contributed by atoms with Gasteiger partial charge in [0.2, 0.25) is 0 Å². The molecule has 8 atom stereocenters. The number of hydrogen-bond acceptors (Lipinski definition) is 3. The van der Waals surface area contributed by atoms with E-state index >= 15 is 0 Å². The lowest BCUT2D eigenvalue weighted by molar-refractivity contribution is -0.168. The summed E-state index contributed by atoms with van der Waals surface area (Å²) in [6.45, 7) is 8.81. The lowest BCUT2D eigenvalue weighted by Crippen LogP contribution is -2.54. The molecule has 2 rings (SSSR count). The van der Waals surface area contributed by atoms with E-state index in [0.717, 1.165) is 38.5 Å². The van der Waals surface area contributed by atoms with E-state index in [4.69, 9.17) is 0 Å². The normalized spacial score (nSPS) is 41.3. The van der Waals surface area contributed by atoms with Crippen LogP contribution in [-0.4, -0.2) is 33.5 Å². The van der Waals surface area contributed by atoms with Gasteiger partial charge in [-0.3, -0.25) is 4.79 Å². The smallest absolute Gasteiger partial charge is 0.309 e. The summed E-state index contributed by atoms with van der Waals surface area (Å²) in [7, 11) is 0. The van der Waals surface area contributed by atoms with Crippen LogP contribution < -0.4 is 0 Å². The van der Waals surface area contributed by atoms with Gasteiger partial charge in [0.05, 0.1) is 18.1 Å². The van der Waals surface area contributed by atoms with Gasteiger partial charge in [0.1, 0.15) is 0 Å². The first-order valence-corrected chi connectivity index (χ1v) is 10.9. The van der Waals surface area contributed by atoms with Crippen molar-refractivity contribution in [1.29, 1.82) is 0 Å². The molecule has 2 saturated carbocycles. The molecule has 0 aromatic heterocycles. The molecule has 6 unspecified atom stereocenters. The van der Waals surface area contributed by atoms with Crippen LogP contribution in [0.3, 0.4) is 0 Å². The Bertz CT molecular complexity index is 449. The van der Waals surface area contributed by atoms with Crippen molar-refractivity contribution in [2.75, 3.05) is 0 Å². The Balaban J connectivity index is 2.21. The fourth-order valence-electron chi connectivity index (χ4n) is 5.92. The molecule has 0 saturated heterocycles. The first-order chi connectivity index (χ1) is 12.3. The first-order valence-electron chi connectivity index (χ1n) is 10.9. The minimum absolute atomic E-state index is 0.112. The monoisotopic (exact) mass is 368 g/mol. The summed E-state index contributed by atoms with van der Waals surface area (Å²) < 4.78 is 0. The number of aliphatic hydroxyl groups is 2. The number of aliphatic carboxylic acids is 1. The summed E-state index contributed by atoms with van der Waals surface area (Å²) in [5, 5.41) is 31.9. The fraction of sp³-hybridized carbons (Fsp3) is 0.955. The van der Waals surface area contributed by atoms with Crippen LogP contribution in [-0.2, 0) is 4.79 Å². The topological polar surface area (TPSA) is 77.8 Å². The molecule has 0 spiro atoms. The third-order valence-corrected chi connectivity index (χ3v) is 7.29. The Morgan fingerprint density at radius 2 is 1.81 bits per heavy atom. The Hall–Kier alpha value is -0.610. The van der Waals surface area contributed by atoms with Crippen LogP contribution in [0, 0.1) is 41.4 Å². The highest BCUT2D eigenvalue weighted by atomic mass is 16.4. The maximum Gasteiger partial charge on any atom is 0.309 e. The van der Waals surface area contributed by atoms with Crippen molar-refractivity contribution >= 4 is 5.97 Å². The molecule has 3 N–H and O–H groups in total. The zero-order chi connectivity index (χ0) is 19.4. The zero-order valence-electron chi connectivity index (χ0n) is 17.1. The van der Waals surface area contributed by atoms with Crippen molar-refractivity contribution in [1.82, 2.24) is 0 Å². The SMILES string of the molecule is CCCCCC1CC(O)C([C@@H]2CC(C)CC[C@H]2C(C)C)C(O)C1C(=O)O. The predicted molar refractivity (Wildman–Crippen MR) is 104 cm³/mol. The van der Waals surface area contributed by atoms with Gasteiger partial charge in [0, 0.05) is 5.92 Å². The van der Waals surface area contributed by atoms with E-state index in [1.807, 2.05) is 0 Å². The summed E-state index contributed by atoms with van der Waals surface area (Å²) in [5.74, 6) is -0.259. The Morgan fingerprint density at radius 3 is 2.38 bits per heavy atom. The molecule has 2 aliphatic carbocycles. The minimum atomic E-state index is -0.931. The van der Waals surface area contributed by atoms with Crippen molar-refractivity contribution in [3.05, 3.63) is 0 Å². The second kappa shape index (κ2) is 9.54. The molecule has 0 amide bonds. The molecule has 0 aromatic rings. The lowest BCUT2D eigenvalue weighted by Gasteiger charge is -2.50. The van der Waals surface area contributed by atoms with Gasteiger partial charge >= 0.3 is 5.97 Å². The van der Waals surface area contributed by atoms with Gasteiger partial charge in [-0.05, 0) is 55.3 Å². The molecule has 0 radical (unpaired) electrons. The van der Waals surface area contributed by atoms with E-state index in [9.17, 15) is 20.1 Å². The van der Waals surface area contributed by atoms with E-state index in [1.165, 1.54) is 6.42 Å². The highest BCUT2D eigenvalue weighted by Gasteiger charge is 2.51. The van der Waals surface area contributed by atoms with E-state index in [1.54, 1.807) is 0 Å². The van der Waals surface area contributed by atoms with Crippen molar-refractivity contribution in [3.63, 3.8) is 0 Å². The van der Waals surface area contributed by atoms with Gasteiger partial charge in [-0.25, -0.2) is 0 Å². The minimum Gasteiger partial charge on any atom is -0.481 e. The second-order valence-corrected chi connectivity index (χ2v) is 9.48. The molecular weight excluding hydrogens is 328 g/mol. The number of rotatable bonds is 7. The van der Waals surface area contributed by atoms with Gasteiger partial charge < -0.3 is 15.3 Å². The summed E-state index contributed by atoms with van der Waals surface area (Å²) in [6, 6.07) is 0. The Morgan fingerprint density at radius 1 is 1.12 bits per heavy atom. The van der Waals surface area contributed by atoms with Crippen molar-refractivity contribution in [3.8, 4) is 0 Å². The maximum absolute atomic E-state index is 12.0. The van der Waals surface area contributed by atoms with Crippen LogP contribution in [0.15, 0.2) is 0 Å². The highest BCUT2D eigenvalue weighted by Crippen LogP contribution is 2.49. The summed E-state index contributed by atoms with van der Waals surface area (Å²) >= 11 is 0. The van der Waals surface area contributed by atoms with Crippen LogP contribution in [0.4, 0.5) is 0 Å². The summed E-state index contributed by atoms with van der Waals surface area (Å²) in [5.41, 5.74) is 0. The lowest BCUT2D eigenvalue weighted by atomic mass is 9.57. The fourth-order valence-corrected chi connectivity index (χ4v) is 5.92. The molecule has 152 valence electrons. The third kappa shape index (κ3) is 4.81. The van der Waals surface area contributed by atoms with Crippen LogP contribution in [0.5, 0.6) is 0 Å². The second-order valence-electron chi connectivity index (χ2n) is 9.48. The third-order valence-electron chi connectivity index (χ3n) is 7.29. The van der Waals surface area contributed by atoms with E-state index in [2.05, 4.69) is 27.7 Å². The number of unbranched alkanes of at least 4 members (excludes halogenated alkanes) is 2. The van der Waals surface area contributed by atoms with Crippen molar-refractivity contribution in [2.45, 2.75) is 91.3 Å². The molecule has 0 bridgehead atoms. The number of carboxylic acid groups (broad SMARTS) is 1. The van der Waals surface area contributed by atoms with Crippen LogP contribution in [0.25, 0.3) is 0 Å². The molecule has 2 aliphatic rings. The molecule has 0 heterocycles. The predicted octanol–water partition coefficient (Wildman–Crippen LogP) is 4.33.